The highest BCUT2D eigenvalue weighted by molar-refractivity contribution is 6.13. The zero-order valence-corrected chi connectivity index (χ0v) is 34.8. The molecule has 4 heterocycles. The molecule has 14 rings (SSSR count). The van der Waals surface area contributed by atoms with Gasteiger partial charge < -0.3 is 9.13 Å². The lowest BCUT2D eigenvalue weighted by atomic mass is 9.79. The molecule has 0 N–H and O–H groups in total. The Labute approximate surface area is 369 Å². The zero-order valence-electron chi connectivity index (χ0n) is 34.8. The van der Waals surface area contributed by atoms with E-state index in [1.54, 1.807) is 0 Å². The largest absolute Gasteiger partial charge is 0.309 e. The van der Waals surface area contributed by atoms with E-state index in [0.717, 1.165) is 34.8 Å². The molecule has 0 fully saturated rings. The summed E-state index contributed by atoms with van der Waals surface area (Å²) in [6, 6.07) is 79.8. The van der Waals surface area contributed by atoms with Gasteiger partial charge >= 0.3 is 0 Å². The summed E-state index contributed by atoms with van der Waals surface area (Å²) in [6.45, 7) is 0. The van der Waals surface area contributed by atoms with Crippen LogP contribution in [0.5, 0.6) is 0 Å². The van der Waals surface area contributed by atoms with E-state index in [1.807, 2.05) is 0 Å². The van der Waals surface area contributed by atoms with E-state index in [4.69, 9.17) is 4.98 Å². The quantitative estimate of drug-likeness (QED) is 0.170. The Morgan fingerprint density at radius 2 is 0.859 bits per heavy atom. The van der Waals surface area contributed by atoms with Crippen LogP contribution >= 0.6 is 0 Å². The molecule has 5 nitrogen and oxygen atoms in total. The fraction of sp³-hybridized carbons (Fsp3) is 0.0339. The molecule has 5 heteroatoms. The lowest BCUT2D eigenvalue weighted by Gasteiger charge is -2.26. The molecule has 64 heavy (non-hydrogen) atoms. The molecular weight excluding hydrogens is 779 g/mol. The molecule has 4 aromatic heterocycles. The van der Waals surface area contributed by atoms with Gasteiger partial charge in [0.25, 0.3) is 0 Å². The number of fused-ring (bicyclic) bond motifs is 13. The van der Waals surface area contributed by atoms with Crippen LogP contribution in [0.2, 0.25) is 0 Å². The first-order valence-corrected chi connectivity index (χ1v) is 22.1. The van der Waals surface area contributed by atoms with Gasteiger partial charge in [-0.25, -0.2) is 4.98 Å². The molecule has 1 aliphatic carbocycles. The first kappa shape index (κ1) is 35.2. The molecule has 0 aliphatic heterocycles. The molecule has 0 spiro atoms. The highest BCUT2D eigenvalue weighted by Gasteiger charge is 2.32. The first-order valence-electron chi connectivity index (χ1n) is 22.1. The highest BCUT2D eigenvalue weighted by Crippen LogP contribution is 2.46. The van der Waals surface area contributed by atoms with Crippen LogP contribution in [0, 0.1) is 0 Å². The van der Waals surface area contributed by atoms with Gasteiger partial charge in [0, 0.05) is 56.5 Å². The summed E-state index contributed by atoms with van der Waals surface area (Å²) >= 11 is 0. The Kier molecular flexibility index (Phi) is 7.45. The molecule has 1 unspecified atom stereocenters. The smallest absolute Gasteiger partial charge is 0.220 e. The van der Waals surface area contributed by atoms with Gasteiger partial charge in [0.15, 0.2) is 0 Å². The lowest BCUT2D eigenvalue weighted by molar-refractivity contribution is 0.769. The van der Waals surface area contributed by atoms with Crippen LogP contribution in [0.1, 0.15) is 22.7 Å². The maximum Gasteiger partial charge on any atom is 0.220 e. The van der Waals surface area contributed by atoms with Crippen molar-refractivity contribution in [2.45, 2.75) is 12.3 Å². The summed E-state index contributed by atoms with van der Waals surface area (Å²) in [5.41, 5.74) is 19.1. The van der Waals surface area contributed by atoms with Gasteiger partial charge in [0.2, 0.25) is 5.78 Å². The first-order chi connectivity index (χ1) is 31.8. The molecule has 9 aromatic carbocycles. The van der Waals surface area contributed by atoms with Gasteiger partial charge in [0.1, 0.15) is 0 Å². The SMILES string of the molecule is c1ccc(-n2c3ccccc3c3cc(-c4ccc5c(c4)c4cc(C6Cc7c(nc8n(-c9ccccc9)c9ccccc9n78)-c7ccccc76)ccc4n5-c4ccccc4)ccc32)cc1. The van der Waals surface area contributed by atoms with Gasteiger partial charge in [-0.3, -0.25) is 8.97 Å². The van der Waals surface area contributed by atoms with Crippen LogP contribution in [-0.2, 0) is 6.42 Å². The van der Waals surface area contributed by atoms with Crippen molar-refractivity contribution >= 4 is 60.4 Å². The average molecular weight is 818 g/mol. The molecule has 1 atom stereocenters. The summed E-state index contributed by atoms with van der Waals surface area (Å²) in [6.07, 6.45) is 0.834. The standard InChI is InChI=1S/C59H39N5/c1-4-16-41(17-5-1)61-51-25-13-12-23-45(51)48-34-38(28-31-52(48)61)39-29-32-53-49(35-39)50-36-40(30-33-54(50)62(53)42-18-6-2-7-19-42)47-37-57-58(46-24-11-10-22-44(46)47)60-59-63(43-20-8-3-9-21-43)55-26-14-15-27-56(55)64(57)59/h1-36,47H,37H2. The van der Waals surface area contributed by atoms with Crippen molar-refractivity contribution in [2.24, 2.45) is 0 Å². The molecule has 0 radical (unpaired) electrons. The van der Waals surface area contributed by atoms with Crippen molar-refractivity contribution in [1.82, 2.24) is 23.1 Å². The number of hydrogen-bond acceptors (Lipinski definition) is 1. The van der Waals surface area contributed by atoms with E-state index < -0.39 is 0 Å². The van der Waals surface area contributed by atoms with Crippen LogP contribution in [-0.4, -0.2) is 23.1 Å². The predicted octanol–water partition coefficient (Wildman–Crippen LogP) is 14.5. The highest BCUT2D eigenvalue weighted by atomic mass is 15.2. The number of imidazole rings is 2. The third kappa shape index (κ3) is 5.03. The van der Waals surface area contributed by atoms with Crippen LogP contribution < -0.4 is 0 Å². The van der Waals surface area contributed by atoms with E-state index in [0.29, 0.717) is 0 Å². The fourth-order valence-electron chi connectivity index (χ4n) is 10.9. The van der Waals surface area contributed by atoms with Crippen molar-refractivity contribution in [1.29, 1.82) is 0 Å². The number of nitrogens with zero attached hydrogens (tertiary/aromatic N) is 5. The lowest BCUT2D eigenvalue weighted by Crippen LogP contribution is -2.13. The van der Waals surface area contributed by atoms with Crippen LogP contribution in [0.15, 0.2) is 218 Å². The second-order valence-corrected chi connectivity index (χ2v) is 17.1. The average Bonchev–Trinajstić information content (AvgIpc) is 4.10. The molecule has 13 aromatic rings. The molecule has 300 valence electrons. The van der Waals surface area contributed by atoms with Crippen molar-refractivity contribution in [2.75, 3.05) is 0 Å². The zero-order chi connectivity index (χ0) is 41.9. The predicted molar refractivity (Wildman–Crippen MR) is 264 cm³/mol. The summed E-state index contributed by atoms with van der Waals surface area (Å²) in [7, 11) is 0. The van der Waals surface area contributed by atoms with Crippen LogP contribution in [0.25, 0.3) is 99.9 Å². The van der Waals surface area contributed by atoms with E-state index in [-0.39, 0.29) is 5.92 Å². The number of para-hydroxylation sites is 6. The molecule has 0 amide bonds. The minimum absolute atomic E-state index is 0.134. The maximum absolute atomic E-state index is 5.48. The van der Waals surface area contributed by atoms with Gasteiger partial charge in [-0.2, -0.15) is 0 Å². The minimum Gasteiger partial charge on any atom is -0.309 e. The van der Waals surface area contributed by atoms with E-state index in [9.17, 15) is 0 Å². The Balaban J connectivity index is 0.960. The summed E-state index contributed by atoms with van der Waals surface area (Å²) in [5, 5.41) is 5.00. The van der Waals surface area contributed by atoms with E-state index >= 15 is 0 Å². The van der Waals surface area contributed by atoms with Gasteiger partial charge in [-0.15, -0.1) is 0 Å². The number of benzene rings is 9. The Hall–Kier alpha value is -8.41. The number of hydrogen-bond donors (Lipinski definition) is 0. The third-order valence-electron chi connectivity index (χ3n) is 13.7. The number of rotatable bonds is 5. The van der Waals surface area contributed by atoms with Crippen molar-refractivity contribution < 1.29 is 0 Å². The monoisotopic (exact) mass is 817 g/mol. The molecule has 0 bridgehead atoms. The summed E-state index contributed by atoms with van der Waals surface area (Å²) < 4.78 is 9.54. The topological polar surface area (TPSA) is 32.1 Å². The van der Waals surface area contributed by atoms with E-state index in [1.165, 1.54) is 88.3 Å². The van der Waals surface area contributed by atoms with E-state index in [2.05, 4.69) is 236 Å². The fourth-order valence-corrected chi connectivity index (χ4v) is 10.9. The van der Waals surface area contributed by atoms with Crippen molar-refractivity contribution in [3.05, 3.63) is 235 Å². The third-order valence-corrected chi connectivity index (χ3v) is 13.7. The molecular formula is C59H39N5. The maximum atomic E-state index is 5.48. The van der Waals surface area contributed by atoms with Gasteiger partial charge in [-0.1, -0.05) is 127 Å². The molecule has 1 aliphatic rings. The second kappa shape index (κ2) is 13.5. The Bertz CT molecular complexity index is 3980. The van der Waals surface area contributed by atoms with Crippen molar-refractivity contribution in [3.63, 3.8) is 0 Å². The second-order valence-electron chi connectivity index (χ2n) is 17.1. The normalized spacial score (nSPS) is 13.7. The van der Waals surface area contributed by atoms with Crippen LogP contribution in [0.4, 0.5) is 0 Å². The van der Waals surface area contributed by atoms with Gasteiger partial charge in [0.05, 0.1) is 44.5 Å². The molecule has 0 saturated heterocycles. The Morgan fingerprint density at radius 3 is 1.52 bits per heavy atom. The van der Waals surface area contributed by atoms with Crippen LogP contribution in [0.3, 0.4) is 0 Å². The molecule has 0 saturated carbocycles. The number of aromatic nitrogens is 5. The summed E-state index contributed by atoms with van der Waals surface area (Å²) in [4.78, 5) is 5.48. The van der Waals surface area contributed by atoms with Gasteiger partial charge in [-0.05, 0) is 113 Å². The minimum atomic E-state index is 0.134. The Morgan fingerprint density at radius 1 is 0.375 bits per heavy atom. The summed E-state index contributed by atoms with van der Waals surface area (Å²) in [5.74, 6) is 1.08. The van der Waals surface area contributed by atoms with Crippen molar-refractivity contribution in [3.8, 4) is 39.4 Å².